The van der Waals surface area contributed by atoms with Crippen LogP contribution in [0.1, 0.15) is 50.5 Å². The van der Waals surface area contributed by atoms with Gasteiger partial charge in [-0.2, -0.15) is 0 Å². The van der Waals surface area contributed by atoms with Crippen molar-refractivity contribution < 1.29 is 9.53 Å². The molecule has 4 unspecified atom stereocenters. The molecule has 0 N–H and O–H groups in total. The van der Waals surface area contributed by atoms with Crippen molar-refractivity contribution >= 4 is 16.8 Å². The Balaban J connectivity index is 1.19. The Bertz CT molecular complexity index is 1070. The van der Waals surface area contributed by atoms with Gasteiger partial charge in [0.1, 0.15) is 0 Å². The summed E-state index contributed by atoms with van der Waals surface area (Å²) >= 11 is 0. The average Bonchev–Trinajstić information content (AvgIpc) is 3.23. The van der Waals surface area contributed by atoms with E-state index in [1.54, 1.807) is 12.7 Å². The van der Waals surface area contributed by atoms with Crippen LogP contribution in [-0.4, -0.2) is 65.7 Å². The van der Waals surface area contributed by atoms with E-state index in [9.17, 15) is 4.79 Å². The van der Waals surface area contributed by atoms with Crippen LogP contribution in [0.2, 0.25) is 0 Å². The summed E-state index contributed by atoms with van der Waals surface area (Å²) in [4.78, 5) is 18.7. The molecule has 1 aliphatic carbocycles. The molecule has 4 atom stereocenters. The standard InChI is InChI=1S/C29H39N3O2/c1-34-16-15-31-19-22(25-8-2-3-10-27(25)31)11-12-28(33)32-14-6-7-21-17-23-18-24(29(21)32)20-30-13-5-4-9-26(23)30/h2-3,8,10,17,19,23-24,26,29H,4-7,9,11-16,18,20H2,1H3. The van der Waals surface area contributed by atoms with Crippen LogP contribution < -0.4 is 0 Å². The number of para-hydroxylation sites is 1. The van der Waals surface area contributed by atoms with E-state index in [0.29, 0.717) is 30.9 Å². The maximum absolute atomic E-state index is 13.6. The van der Waals surface area contributed by atoms with Gasteiger partial charge < -0.3 is 14.2 Å². The number of piperidine rings is 3. The number of aromatic nitrogens is 1. The minimum atomic E-state index is 0.350. The van der Waals surface area contributed by atoms with Gasteiger partial charge in [0.15, 0.2) is 0 Å². The van der Waals surface area contributed by atoms with Crippen molar-refractivity contribution in [2.24, 2.45) is 11.8 Å². The molecule has 0 saturated carbocycles. The van der Waals surface area contributed by atoms with Gasteiger partial charge in [-0.25, -0.2) is 0 Å². The number of ether oxygens (including phenoxy) is 1. The molecule has 2 aromatic rings. The lowest BCUT2D eigenvalue weighted by molar-refractivity contribution is -0.136. The second-order valence-electron chi connectivity index (χ2n) is 11.0. The van der Waals surface area contributed by atoms with Crippen LogP contribution in [0, 0.1) is 11.8 Å². The molecule has 34 heavy (non-hydrogen) atoms. The molecule has 6 rings (SSSR count). The Hall–Kier alpha value is -2.11. The van der Waals surface area contributed by atoms with E-state index in [4.69, 9.17) is 4.74 Å². The SMILES string of the molecule is COCCn1cc(CCC(=O)N2CCCC3=CC4CC(CN5CCCCC45)C32)c2ccccc21. The van der Waals surface area contributed by atoms with Crippen LogP contribution >= 0.6 is 0 Å². The van der Waals surface area contributed by atoms with Crippen molar-refractivity contribution in [2.75, 3.05) is 33.4 Å². The molecule has 4 aliphatic rings. The Kier molecular flexibility index (Phi) is 6.25. The monoisotopic (exact) mass is 461 g/mol. The number of likely N-dealkylation sites (tertiary alicyclic amines) is 1. The fraction of sp³-hybridized carbons (Fsp3) is 0.621. The number of hydrogen-bond acceptors (Lipinski definition) is 3. The molecule has 3 saturated heterocycles. The number of nitrogens with zero attached hydrogens (tertiary/aromatic N) is 3. The molecule has 0 spiro atoms. The van der Waals surface area contributed by atoms with Crippen molar-refractivity contribution in [3.63, 3.8) is 0 Å². The van der Waals surface area contributed by atoms with E-state index in [1.165, 1.54) is 61.7 Å². The number of rotatable bonds is 6. The molecule has 5 nitrogen and oxygen atoms in total. The summed E-state index contributed by atoms with van der Waals surface area (Å²) in [5, 5.41) is 1.27. The van der Waals surface area contributed by atoms with Crippen LogP contribution in [0.5, 0.6) is 0 Å². The van der Waals surface area contributed by atoms with Crippen molar-refractivity contribution in [1.29, 1.82) is 0 Å². The molecular weight excluding hydrogens is 422 g/mol. The first-order valence-electron chi connectivity index (χ1n) is 13.5. The molecule has 2 bridgehead atoms. The van der Waals surface area contributed by atoms with E-state index in [1.807, 2.05) is 0 Å². The summed E-state index contributed by atoms with van der Waals surface area (Å²) in [5.74, 6) is 1.70. The molecule has 1 amide bonds. The first-order chi connectivity index (χ1) is 16.7. The summed E-state index contributed by atoms with van der Waals surface area (Å²) in [5.41, 5.74) is 4.11. The topological polar surface area (TPSA) is 37.7 Å². The van der Waals surface area contributed by atoms with Crippen LogP contribution in [-0.2, 0) is 22.5 Å². The Labute approximate surface area is 203 Å². The molecule has 3 aliphatic heterocycles. The highest BCUT2D eigenvalue weighted by molar-refractivity contribution is 5.85. The third-order valence-corrected chi connectivity index (χ3v) is 8.99. The van der Waals surface area contributed by atoms with Gasteiger partial charge in [0.2, 0.25) is 5.91 Å². The molecule has 4 heterocycles. The number of hydrogen-bond donors (Lipinski definition) is 0. The van der Waals surface area contributed by atoms with Crippen molar-refractivity contribution in [3.8, 4) is 0 Å². The third-order valence-electron chi connectivity index (χ3n) is 8.99. The Morgan fingerprint density at radius 2 is 2.06 bits per heavy atom. The summed E-state index contributed by atoms with van der Waals surface area (Å²) < 4.78 is 7.58. The van der Waals surface area contributed by atoms with Gasteiger partial charge in [0.25, 0.3) is 0 Å². The smallest absolute Gasteiger partial charge is 0.223 e. The number of methoxy groups -OCH3 is 1. The van der Waals surface area contributed by atoms with Crippen molar-refractivity contribution in [3.05, 3.63) is 47.7 Å². The second-order valence-corrected chi connectivity index (χ2v) is 11.0. The normalized spacial score (nSPS) is 29.0. The minimum absolute atomic E-state index is 0.350. The zero-order valence-electron chi connectivity index (χ0n) is 20.6. The summed E-state index contributed by atoms with van der Waals surface area (Å²) in [6, 6.07) is 9.68. The third kappa shape index (κ3) is 4.01. The summed E-state index contributed by atoms with van der Waals surface area (Å²) in [7, 11) is 1.75. The number of carbonyl (C=O) groups excluding carboxylic acids is 1. The highest BCUT2D eigenvalue weighted by Crippen LogP contribution is 2.45. The Morgan fingerprint density at radius 1 is 1.15 bits per heavy atom. The van der Waals surface area contributed by atoms with Gasteiger partial charge in [-0.3, -0.25) is 9.69 Å². The molecule has 1 aromatic carbocycles. The molecule has 1 aromatic heterocycles. The lowest BCUT2D eigenvalue weighted by Crippen LogP contribution is -2.60. The predicted octanol–water partition coefficient (Wildman–Crippen LogP) is 4.64. The van der Waals surface area contributed by atoms with Crippen LogP contribution in [0.3, 0.4) is 0 Å². The largest absolute Gasteiger partial charge is 0.383 e. The number of fused-ring (bicyclic) bond motifs is 7. The first-order valence-corrected chi connectivity index (χ1v) is 13.5. The summed E-state index contributed by atoms with van der Waals surface area (Å²) in [6.07, 6.45) is 14.0. The highest BCUT2D eigenvalue weighted by Gasteiger charge is 2.46. The van der Waals surface area contributed by atoms with Crippen LogP contribution in [0.25, 0.3) is 10.9 Å². The van der Waals surface area contributed by atoms with E-state index >= 15 is 0 Å². The van der Waals surface area contributed by atoms with E-state index < -0.39 is 0 Å². The molecule has 3 fully saturated rings. The summed E-state index contributed by atoms with van der Waals surface area (Å²) in [6.45, 7) is 4.92. The quantitative estimate of drug-likeness (QED) is 0.588. The molecule has 182 valence electrons. The average molecular weight is 462 g/mol. The number of carbonyl (C=O) groups is 1. The first kappa shape index (κ1) is 22.4. The number of aryl methyl sites for hydroxylation is 1. The zero-order valence-corrected chi connectivity index (χ0v) is 20.6. The van der Waals surface area contributed by atoms with E-state index in [0.717, 1.165) is 37.9 Å². The minimum Gasteiger partial charge on any atom is -0.383 e. The molecule has 5 heteroatoms. The van der Waals surface area contributed by atoms with Gasteiger partial charge >= 0.3 is 0 Å². The highest BCUT2D eigenvalue weighted by atomic mass is 16.5. The van der Waals surface area contributed by atoms with Gasteiger partial charge in [-0.05, 0) is 68.5 Å². The zero-order chi connectivity index (χ0) is 23.1. The second kappa shape index (κ2) is 9.50. The maximum atomic E-state index is 13.6. The fourth-order valence-corrected chi connectivity index (χ4v) is 7.54. The number of benzene rings is 1. The van der Waals surface area contributed by atoms with Gasteiger partial charge in [0, 0.05) is 56.3 Å². The Morgan fingerprint density at radius 3 is 2.97 bits per heavy atom. The van der Waals surface area contributed by atoms with Crippen molar-refractivity contribution in [2.45, 2.75) is 70.0 Å². The lowest BCUT2D eigenvalue weighted by Gasteiger charge is -2.54. The number of amides is 1. The fourth-order valence-electron chi connectivity index (χ4n) is 7.54. The van der Waals surface area contributed by atoms with E-state index in [-0.39, 0.29) is 0 Å². The van der Waals surface area contributed by atoms with Gasteiger partial charge in [-0.15, -0.1) is 0 Å². The maximum Gasteiger partial charge on any atom is 0.223 e. The van der Waals surface area contributed by atoms with E-state index in [2.05, 4.69) is 50.9 Å². The van der Waals surface area contributed by atoms with Crippen LogP contribution in [0.15, 0.2) is 42.1 Å². The predicted molar refractivity (Wildman–Crippen MR) is 136 cm³/mol. The lowest BCUT2D eigenvalue weighted by atomic mass is 9.68. The molecular formula is C29H39N3O2. The van der Waals surface area contributed by atoms with Crippen molar-refractivity contribution in [1.82, 2.24) is 14.4 Å². The molecule has 0 radical (unpaired) electrons. The van der Waals surface area contributed by atoms with Crippen LogP contribution in [0.4, 0.5) is 0 Å². The van der Waals surface area contributed by atoms with Gasteiger partial charge in [0.05, 0.1) is 12.6 Å². The van der Waals surface area contributed by atoms with Gasteiger partial charge in [-0.1, -0.05) is 36.3 Å².